The average molecular weight is 245 g/mol. The summed E-state index contributed by atoms with van der Waals surface area (Å²) in [5.74, 6) is 0. The first kappa shape index (κ1) is 11.5. The average Bonchev–Trinajstić information content (AvgIpc) is 2.54. The molecule has 0 radical (unpaired) electrons. The standard InChI is InChI=1S/C14H19N3O/c1-16-11-5-4-10(14(9-15)6-3-7-14)8-12(11)17(2)13(16)18/h4-5,8H,3,6-7,9,15H2,1-2H3. The van der Waals surface area contributed by atoms with Gasteiger partial charge in [-0.15, -0.1) is 0 Å². The van der Waals surface area contributed by atoms with Crippen LogP contribution in [0.4, 0.5) is 0 Å². The van der Waals surface area contributed by atoms with E-state index in [0.29, 0.717) is 6.54 Å². The topological polar surface area (TPSA) is 53.0 Å². The van der Waals surface area contributed by atoms with Crippen LogP contribution in [0.5, 0.6) is 0 Å². The van der Waals surface area contributed by atoms with E-state index in [-0.39, 0.29) is 11.1 Å². The molecule has 1 aliphatic carbocycles. The zero-order chi connectivity index (χ0) is 12.9. The van der Waals surface area contributed by atoms with Crippen LogP contribution in [-0.4, -0.2) is 15.7 Å². The van der Waals surface area contributed by atoms with Gasteiger partial charge in [-0.2, -0.15) is 0 Å². The molecule has 1 aromatic heterocycles. The summed E-state index contributed by atoms with van der Waals surface area (Å²) in [6, 6.07) is 6.32. The van der Waals surface area contributed by atoms with Gasteiger partial charge in [-0.05, 0) is 30.5 Å². The fraction of sp³-hybridized carbons (Fsp3) is 0.500. The van der Waals surface area contributed by atoms with Crippen molar-refractivity contribution in [3.63, 3.8) is 0 Å². The van der Waals surface area contributed by atoms with Crippen molar-refractivity contribution in [1.29, 1.82) is 0 Å². The van der Waals surface area contributed by atoms with E-state index in [1.165, 1.54) is 12.0 Å². The van der Waals surface area contributed by atoms with Gasteiger partial charge in [0.05, 0.1) is 11.0 Å². The van der Waals surface area contributed by atoms with Gasteiger partial charge in [-0.1, -0.05) is 12.5 Å². The van der Waals surface area contributed by atoms with Crippen molar-refractivity contribution in [2.75, 3.05) is 6.54 Å². The maximum atomic E-state index is 11.9. The molecular weight excluding hydrogens is 226 g/mol. The molecule has 1 aliphatic rings. The van der Waals surface area contributed by atoms with Crippen molar-refractivity contribution < 1.29 is 0 Å². The predicted octanol–water partition coefficient (Wildman–Crippen LogP) is 1.26. The van der Waals surface area contributed by atoms with Crippen LogP contribution in [0.1, 0.15) is 24.8 Å². The van der Waals surface area contributed by atoms with Gasteiger partial charge in [-0.3, -0.25) is 9.13 Å². The molecule has 4 nitrogen and oxygen atoms in total. The molecule has 1 heterocycles. The largest absolute Gasteiger partial charge is 0.330 e. The molecule has 1 aromatic carbocycles. The third-order valence-electron chi connectivity index (χ3n) is 4.59. The molecule has 2 N–H and O–H groups in total. The summed E-state index contributed by atoms with van der Waals surface area (Å²) in [7, 11) is 3.64. The fourth-order valence-corrected chi connectivity index (χ4v) is 3.05. The van der Waals surface area contributed by atoms with E-state index in [1.807, 2.05) is 20.2 Å². The van der Waals surface area contributed by atoms with E-state index in [1.54, 1.807) is 9.13 Å². The lowest BCUT2D eigenvalue weighted by molar-refractivity contribution is 0.253. The number of fused-ring (bicyclic) bond motifs is 1. The summed E-state index contributed by atoms with van der Waals surface area (Å²) in [5, 5.41) is 0. The Bertz CT molecular complexity index is 656. The Hall–Kier alpha value is -1.55. The summed E-state index contributed by atoms with van der Waals surface area (Å²) in [6.45, 7) is 0.694. The quantitative estimate of drug-likeness (QED) is 0.866. The van der Waals surface area contributed by atoms with E-state index < -0.39 is 0 Å². The molecular formula is C14H19N3O. The first-order valence-electron chi connectivity index (χ1n) is 6.45. The first-order chi connectivity index (χ1) is 8.59. The van der Waals surface area contributed by atoms with Crippen molar-refractivity contribution in [1.82, 2.24) is 9.13 Å². The molecule has 0 unspecified atom stereocenters. The lowest BCUT2D eigenvalue weighted by atomic mass is 9.64. The number of nitrogens with zero attached hydrogens (tertiary/aromatic N) is 2. The molecule has 1 saturated carbocycles. The smallest absolute Gasteiger partial charge is 0.328 e. The third-order valence-corrected chi connectivity index (χ3v) is 4.59. The maximum Gasteiger partial charge on any atom is 0.328 e. The SMILES string of the molecule is Cn1c(=O)n(C)c2cc(C3(CN)CCC3)ccc21. The Morgan fingerprint density at radius 3 is 2.44 bits per heavy atom. The van der Waals surface area contributed by atoms with Crippen LogP contribution in [0.2, 0.25) is 0 Å². The molecule has 0 atom stereocenters. The Morgan fingerprint density at radius 1 is 1.22 bits per heavy atom. The lowest BCUT2D eigenvalue weighted by Crippen LogP contribution is -2.41. The molecule has 96 valence electrons. The zero-order valence-electron chi connectivity index (χ0n) is 10.9. The number of hydrogen-bond acceptors (Lipinski definition) is 2. The highest BCUT2D eigenvalue weighted by Gasteiger charge is 2.37. The molecule has 3 rings (SSSR count). The van der Waals surface area contributed by atoms with Gasteiger partial charge in [0, 0.05) is 26.1 Å². The number of imidazole rings is 1. The molecule has 0 amide bonds. The summed E-state index contributed by atoms with van der Waals surface area (Å²) < 4.78 is 3.40. The second-order valence-corrected chi connectivity index (χ2v) is 5.44. The predicted molar refractivity (Wildman–Crippen MR) is 72.7 cm³/mol. The van der Waals surface area contributed by atoms with Crippen LogP contribution in [-0.2, 0) is 19.5 Å². The highest BCUT2D eigenvalue weighted by atomic mass is 16.1. The molecule has 0 saturated heterocycles. The van der Waals surface area contributed by atoms with Gasteiger partial charge in [0.15, 0.2) is 0 Å². The van der Waals surface area contributed by atoms with Gasteiger partial charge >= 0.3 is 5.69 Å². The van der Waals surface area contributed by atoms with Crippen LogP contribution in [0.3, 0.4) is 0 Å². The van der Waals surface area contributed by atoms with E-state index in [2.05, 4.69) is 12.1 Å². The highest BCUT2D eigenvalue weighted by molar-refractivity contribution is 5.77. The van der Waals surface area contributed by atoms with Gasteiger partial charge in [0.2, 0.25) is 0 Å². The Labute approximate surface area is 106 Å². The number of aryl methyl sites for hydroxylation is 2. The molecule has 0 aliphatic heterocycles. The number of rotatable bonds is 2. The minimum atomic E-state index is 0.0255. The third kappa shape index (κ3) is 1.32. The van der Waals surface area contributed by atoms with E-state index in [4.69, 9.17) is 5.73 Å². The van der Waals surface area contributed by atoms with E-state index in [9.17, 15) is 4.79 Å². The van der Waals surface area contributed by atoms with Crippen molar-refractivity contribution in [3.05, 3.63) is 34.2 Å². The van der Waals surface area contributed by atoms with Crippen LogP contribution in [0.15, 0.2) is 23.0 Å². The van der Waals surface area contributed by atoms with Crippen molar-refractivity contribution >= 4 is 11.0 Å². The second-order valence-electron chi connectivity index (χ2n) is 5.44. The summed E-state index contributed by atoms with van der Waals surface area (Å²) in [6.07, 6.45) is 3.58. The molecule has 0 bridgehead atoms. The minimum absolute atomic E-state index is 0.0255. The van der Waals surface area contributed by atoms with Gasteiger partial charge in [0.1, 0.15) is 0 Å². The lowest BCUT2D eigenvalue weighted by Gasteiger charge is -2.41. The van der Waals surface area contributed by atoms with Gasteiger partial charge in [0.25, 0.3) is 0 Å². The Morgan fingerprint density at radius 2 is 1.89 bits per heavy atom. The Kier molecular flexibility index (Phi) is 2.38. The Balaban J connectivity index is 2.23. The van der Waals surface area contributed by atoms with Crippen LogP contribution < -0.4 is 11.4 Å². The zero-order valence-corrected chi connectivity index (χ0v) is 10.9. The molecule has 0 spiro atoms. The van der Waals surface area contributed by atoms with E-state index >= 15 is 0 Å². The monoisotopic (exact) mass is 245 g/mol. The summed E-state index contributed by atoms with van der Waals surface area (Å²) in [4.78, 5) is 11.9. The van der Waals surface area contributed by atoms with Crippen molar-refractivity contribution in [2.45, 2.75) is 24.7 Å². The fourth-order valence-electron chi connectivity index (χ4n) is 3.05. The molecule has 18 heavy (non-hydrogen) atoms. The van der Waals surface area contributed by atoms with Crippen LogP contribution >= 0.6 is 0 Å². The van der Waals surface area contributed by atoms with E-state index in [0.717, 1.165) is 23.9 Å². The van der Waals surface area contributed by atoms with Gasteiger partial charge in [-0.25, -0.2) is 4.79 Å². The number of hydrogen-bond donors (Lipinski definition) is 1. The summed E-state index contributed by atoms with van der Waals surface area (Å²) >= 11 is 0. The van der Waals surface area contributed by atoms with Crippen LogP contribution in [0, 0.1) is 0 Å². The molecule has 2 aromatic rings. The first-order valence-corrected chi connectivity index (χ1v) is 6.45. The normalized spacial score (nSPS) is 17.9. The second kappa shape index (κ2) is 3.72. The van der Waals surface area contributed by atoms with Crippen molar-refractivity contribution in [3.8, 4) is 0 Å². The molecule has 1 fully saturated rings. The van der Waals surface area contributed by atoms with Crippen molar-refractivity contribution in [2.24, 2.45) is 19.8 Å². The molecule has 4 heteroatoms. The number of aromatic nitrogens is 2. The summed E-state index contributed by atoms with van der Waals surface area (Å²) in [5.41, 5.74) is 9.39. The maximum absolute atomic E-state index is 11.9. The highest BCUT2D eigenvalue weighted by Crippen LogP contribution is 2.43. The van der Waals surface area contributed by atoms with Crippen LogP contribution in [0.25, 0.3) is 11.0 Å². The van der Waals surface area contributed by atoms with Gasteiger partial charge < -0.3 is 5.73 Å². The minimum Gasteiger partial charge on any atom is -0.330 e. The number of nitrogens with two attached hydrogens (primary N) is 1. The number of benzene rings is 1.